The van der Waals surface area contributed by atoms with Gasteiger partial charge in [0.15, 0.2) is 6.10 Å². The van der Waals surface area contributed by atoms with Gasteiger partial charge in [-0.15, -0.1) is 0 Å². The molecule has 4 heteroatoms. The molecule has 2 aromatic rings. The molecular weight excluding hydrogens is 372 g/mol. The van der Waals surface area contributed by atoms with E-state index in [1.165, 1.54) is 35.1 Å². The SMILES string of the molecule is CC[C@H](Oc1ccc2c(c1)CCCC2)C(=O)NCCCN1CCc2ccccc2C1. The summed E-state index contributed by atoms with van der Waals surface area (Å²) in [5, 5.41) is 3.08. The number of hydrogen-bond acceptors (Lipinski definition) is 3. The number of amides is 1. The molecule has 1 heterocycles. The van der Waals surface area contributed by atoms with Crippen molar-refractivity contribution in [3.05, 3.63) is 64.7 Å². The fourth-order valence-electron chi connectivity index (χ4n) is 4.64. The predicted molar refractivity (Wildman–Crippen MR) is 121 cm³/mol. The monoisotopic (exact) mass is 406 g/mol. The van der Waals surface area contributed by atoms with Crippen LogP contribution in [0.1, 0.15) is 54.9 Å². The first-order chi connectivity index (χ1) is 14.7. The lowest BCUT2D eigenvalue weighted by atomic mass is 9.92. The first-order valence-corrected chi connectivity index (χ1v) is 11.6. The van der Waals surface area contributed by atoms with Crippen LogP contribution in [0.2, 0.25) is 0 Å². The zero-order valence-electron chi connectivity index (χ0n) is 18.2. The number of nitrogens with one attached hydrogen (secondary N) is 1. The number of carbonyl (C=O) groups excluding carboxylic acids is 1. The van der Waals surface area contributed by atoms with Crippen molar-refractivity contribution in [3.8, 4) is 5.75 Å². The third-order valence-electron chi connectivity index (χ3n) is 6.42. The number of rotatable bonds is 8. The number of hydrogen-bond donors (Lipinski definition) is 1. The maximum absolute atomic E-state index is 12.6. The highest BCUT2D eigenvalue weighted by Gasteiger charge is 2.20. The second-order valence-electron chi connectivity index (χ2n) is 8.59. The van der Waals surface area contributed by atoms with Gasteiger partial charge in [0.05, 0.1) is 0 Å². The van der Waals surface area contributed by atoms with Crippen molar-refractivity contribution in [1.29, 1.82) is 0 Å². The van der Waals surface area contributed by atoms with Crippen molar-refractivity contribution >= 4 is 5.91 Å². The molecule has 2 aliphatic rings. The summed E-state index contributed by atoms with van der Waals surface area (Å²) in [4.78, 5) is 15.1. The molecule has 0 spiro atoms. The van der Waals surface area contributed by atoms with E-state index >= 15 is 0 Å². The number of nitrogens with zero attached hydrogens (tertiary/aromatic N) is 1. The summed E-state index contributed by atoms with van der Waals surface area (Å²) in [6.45, 7) is 5.83. The van der Waals surface area contributed by atoms with Gasteiger partial charge in [-0.1, -0.05) is 37.3 Å². The van der Waals surface area contributed by atoms with Crippen LogP contribution in [-0.2, 0) is 30.6 Å². The van der Waals surface area contributed by atoms with Crippen LogP contribution >= 0.6 is 0 Å². The predicted octanol–water partition coefficient (Wildman–Crippen LogP) is 4.29. The topological polar surface area (TPSA) is 41.6 Å². The molecule has 1 amide bonds. The van der Waals surface area contributed by atoms with Gasteiger partial charge in [0, 0.05) is 26.2 Å². The Morgan fingerprint density at radius 2 is 1.80 bits per heavy atom. The second kappa shape index (κ2) is 10.1. The molecule has 0 aromatic heterocycles. The Morgan fingerprint density at radius 3 is 2.63 bits per heavy atom. The van der Waals surface area contributed by atoms with Gasteiger partial charge >= 0.3 is 0 Å². The minimum Gasteiger partial charge on any atom is -0.481 e. The molecule has 1 atom stereocenters. The number of fused-ring (bicyclic) bond motifs is 2. The van der Waals surface area contributed by atoms with E-state index in [9.17, 15) is 4.79 Å². The standard InChI is InChI=1S/C26H34N2O2/c1-2-25(30-24-13-12-20-8-3-5-10-22(20)18-24)26(29)27-15-7-16-28-17-14-21-9-4-6-11-23(21)19-28/h4,6,9,11-13,18,25H,2-3,5,7-8,10,14-17,19H2,1H3,(H,27,29)/t25-/m0/s1. The fraction of sp³-hybridized carbons (Fsp3) is 0.500. The molecule has 4 nitrogen and oxygen atoms in total. The highest BCUT2D eigenvalue weighted by molar-refractivity contribution is 5.81. The van der Waals surface area contributed by atoms with Crippen molar-refractivity contribution in [1.82, 2.24) is 10.2 Å². The van der Waals surface area contributed by atoms with Crippen molar-refractivity contribution in [2.24, 2.45) is 0 Å². The third-order valence-corrected chi connectivity index (χ3v) is 6.42. The summed E-state index contributed by atoms with van der Waals surface area (Å²) >= 11 is 0. The molecule has 2 aromatic carbocycles. The lowest BCUT2D eigenvalue weighted by Gasteiger charge is -2.28. The molecule has 0 bridgehead atoms. The van der Waals surface area contributed by atoms with Crippen molar-refractivity contribution in [2.45, 2.75) is 64.5 Å². The Kier molecular flexibility index (Phi) is 7.06. The van der Waals surface area contributed by atoms with E-state index in [-0.39, 0.29) is 5.91 Å². The molecule has 0 saturated carbocycles. The summed E-state index contributed by atoms with van der Waals surface area (Å²) < 4.78 is 6.06. The average Bonchev–Trinajstić information content (AvgIpc) is 2.80. The summed E-state index contributed by atoms with van der Waals surface area (Å²) in [5.74, 6) is 0.823. The van der Waals surface area contributed by atoms with Gasteiger partial charge in [0.2, 0.25) is 0 Å². The first-order valence-electron chi connectivity index (χ1n) is 11.6. The highest BCUT2D eigenvalue weighted by Crippen LogP contribution is 2.26. The molecule has 1 aliphatic heterocycles. The Bertz CT molecular complexity index is 864. The van der Waals surface area contributed by atoms with E-state index < -0.39 is 6.10 Å². The van der Waals surface area contributed by atoms with Gasteiger partial charge in [0.25, 0.3) is 5.91 Å². The summed E-state index contributed by atoms with van der Waals surface area (Å²) in [7, 11) is 0. The van der Waals surface area contributed by atoms with Gasteiger partial charge in [-0.2, -0.15) is 0 Å². The molecule has 0 unspecified atom stereocenters. The molecule has 1 aliphatic carbocycles. The Hall–Kier alpha value is -2.33. The molecule has 1 N–H and O–H groups in total. The fourth-order valence-corrected chi connectivity index (χ4v) is 4.64. The number of aryl methyl sites for hydroxylation is 2. The minimum atomic E-state index is -0.423. The van der Waals surface area contributed by atoms with E-state index in [4.69, 9.17) is 4.74 Å². The van der Waals surface area contributed by atoms with Crippen LogP contribution in [0.25, 0.3) is 0 Å². The van der Waals surface area contributed by atoms with Crippen molar-refractivity contribution < 1.29 is 9.53 Å². The number of carbonyl (C=O) groups is 1. The lowest BCUT2D eigenvalue weighted by molar-refractivity contribution is -0.128. The van der Waals surface area contributed by atoms with Crippen LogP contribution in [0.15, 0.2) is 42.5 Å². The smallest absolute Gasteiger partial charge is 0.261 e. The maximum Gasteiger partial charge on any atom is 0.261 e. The normalized spacial score (nSPS) is 17.0. The number of ether oxygens (including phenoxy) is 1. The van der Waals surface area contributed by atoms with Gasteiger partial charge < -0.3 is 10.1 Å². The third kappa shape index (κ3) is 5.23. The van der Waals surface area contributed by atoms with Crippen LogP contribution in [0, 0.1) is 0 Å². The van der Waals surface area contributed by atoms with E-state index in [0.717, 1.165) is 51.1 Å². The Morgan fingerprint density at radius 1 is 1.03 bits per heavy atom. The quantitative estimate of drug-likeness (QED) is 0.665. The average molecular weight is 407 g/mol. The molecule has 30 heavy (non-hydrogen) atoms. The highest BCUT2D eigenvalue weighted by atomic mass is 16.5. The van der Waals surface area contributed by atoms with E-state index in [1.807, 2.05) is 13.0 Å². The van der Waals surface area contributed by atoms with Gasteiger partial charge in [-0.25, -0.2) is 0 Å². The van der Waals surface area contributed by atoms with E-state index in [0.29, 0.717) is 13.0 Å². The molecule has 0 fully saturated rings. The zero-order chi connectivity index (χ0) is 20.8. The molecule has 4 rings (SSSR count). The summed E-state index contributed by atoms with van der Waals surface area (Å²) in [6, 6.07) is 15.0. The molecule has 0 saturated heterocycles. The van der Waals surface area contributed by atoms with E-state index in [1.54, 1.807) is 0 Å². The van der Waals surface area contributed by atoms with Gasteiger partial charge in [-0.05, 0) is 79.3 Å². The Balaban J connectivity index is 1.21. The van der Waals surface area contributed by atoms with Gasteiger partial charge in [-0.3, -0.25) is 9.69 Å². The Labute approximate surface area is 180 Å². The van der Waals surface area contributed by atoms with Crippen LogP contribution in [0.5, 0.6) is 5.75 Å². The van der Waals surface area contributed by atoms with Crippen molar-refractivity contribution in [2.75, 3.05) is 19.6 Å². The molecular formula is C26H34N2O2. The zero-order valence-corrected chi connectivity index (χ0v) is 18.2. The van der Waals surface area contributed by atoms with Crippen LogP contribution in [0.4, 0.5) is 0 Å². The van der Waals surface area contributed by atoms with Crippen LogP contribution in [0.3, 0.4) is 0 Å². The van der Waals surface area contributed by atoms with Gasteiger partial charge in [0.1, 0.15) is 5.75 Å². The summed E-state index contributed by atoms with van der Waals surface area (Å²) in [5.41, 5.74) is 5.74. The van der Waals surface area contributed by atoms with Crippen molar-refractivity contribution in [3.63, 3.8) is 0 Å². The van der Waals surface area contributed by atoms with Crippen LogP contribution in [-0.4, -0.2) is 36.5 Å². The molecule has 160 valence electrons. The van der Waals surface area contributed by atoms with E-state index in [2.05, 4.69) is 46.6 Å². The summed E-state index contributed by atoms with van der Waals surface area (Å²) in [6.07, 6.45) is 7.14. The minimum absolute atomic E-state index is 0.000731. The maximum atomic E-state index is 12.6. The number of benzene rings is 2. The molecule has 0 radical (unpaired) electrons. The van der Waals surface area contributed by atoms with Crippen LogP contribution < -0.4 is 10.1 Å². The first kappa shape index (κ1) is 20.9. The second-order valence-corrected chi connectivity index (χ2v) is 8.59. The largest absolute Gasteiger partial charge is 0.481 e. The lowest BCUT2D eigenvalue weighted by Crippen LogP contribution is -2.39.